The van der Waals surface area contributed by atoms with Crippen LogP contribution in [0, 0.1) is 0 Å². The predicted molar refractivity (Wildman–Crippen MR) is 336 cm³/mol. The Balaban J connectivity index is 0.000000375. The van der Waals surface area contributed by atoms with Crippen LogP contribution in [0.3, 0.4) is 0 Å². The quantitative estimate of drug-likeness (QED) is 0.0381. The third-order valence-electron chi connectivity index (χ3n) is 15.5. The molecule has 0 aromatic heterocycles. The largest absolute Gasteiger partial charge is 0.466 e. The molecule has 0 amide bonds. The molecule has 5 aliphatic carbocycles. The van der Waals surface area contributed by atoms with Gasteiger partial charge in [-0.25, -0.2) is 28.8 Å². The van der Waals surface area contributed by atoms with Crippen LogP contribution < -0.4 is 0 Å². The summed E-state index contributed by atoms with van der Waals surface area (Å²) in [5, 5.41) is 18.3. The van der Waals surface area contributed by atoms with Gasteiger partial charge >= 0.3 is 35.8 Å². The SMILES string of the molecule is CC(C)=CCCC1=CCC(CO)=C(CO)C1.CC(C)=CCCC1=CCC2=C(C1)C(=O)OC2=O.COC(=O)C1=C(C(=O)OCC2=C(COC(=O)C3=C(C(=O)OC)CC=C(CCC=C(C)C)C3)CC(CCC=C(C)C)=CC2)CC=C(CCC=C(C)C)C1. The van der Waals surface area contributed by atoms with Crippen molar-refractivity contribution in [3.8, 4) is 0 Å². The van der Waals surface area contributed by atoms with Crippen molar-refractivity contribution < 1.29 is 62.7 Å². The van der Waals surface area contributed by atoms with Crippen molar-refractivity contribution >= 4 is 35.8 Å². The number of rotatable bonds is 25. The van der Waals surface area contributed by atoms with Crippen LogP contribution in [0.25, 0.3) is 0 Å². The molecular formula is C72H96O13. The molecule has 6 rings (SSSR count). The third kappa shape index (κ3) is 24.1. The van der Waals surface area contributed by atoms with Crippen molar-refractivity contribution in [1.29, 1.82) is 0 Å². The van der Waals surface area contributed by atoms with Crippen molar-refractivity contribution in [3.63, 3.8) is 0 Å². The number of carbonyl (C=O) groups excluding carboxylic acids is 6. The number of methoxy groups -OCH3 is 2. The molecule has 0 saturated carbocycles. The minimum atomic E-state index is -0.551. The van der Waals surface area contributed by atoms with E-state index in [1.165, 1.54) is 58.8 Å². The predicted octanol–water partition coefficient (Wildman–Crippen LogP) is 15.3. The minimum absolute atomic E-state index is 0.00587. The fraction of sp³-hybridized carbons (Fsp3) is 0.500. The molecule has 1 aliphatic heterocycles. The van der Waals surface area contributed by atoms with E-state index in [2.05, 4.69) is 123 Å². The van der Waals surface area contributed by atoms with Crippen LogP contribution in [-0.4, -0.2) is 86.7 Å². The van der Waals surface area contributed by atoms with Gasteiger partial charge in [-0.05, 0) is 201 Å². The number of esters is 6. The van der Waals surface area contributed by atoms with E-state index in [0.717, 1.165) is 110 Å². The fourth-order valence-corrected chi connectivity index (χ4v) is 10.6. The molecule has 0 saturated heterocycles. The van der Waals surface area contributed by atoms with E-state index in [1.54, 1.807) is 0 Å². The van der Waals surface area contributed by atoms with Gasteiger partial charge in [0.2, 0.25) is 0 Å². The number of aliphatic hydroxyl groups is 2. The van der Waals surface area contributed by atoms with E-state index in [1.807, 2.05) is 12.2 Å². The molecule has 6 aliphatic rings. The van der Waals surface area contributed by atoms with Crippen molar-refractivity contribution in [3.05, 3.63) is 172 Å². The molecule has 0 aromatic rings. The molecule has 0 spiro atoms. The van der Waals surface area contributed by atoms with Gasteiger partial charge in [-0.1, -0.05) is 116 Å². The van der Waals surface area contributed by atoms with Crippen molar-refractivity contribution in [2.75, 3.05) is 40.6 Å². The molecule has 13 nitrogen and oxygen atoms in total. The highest BCUT2D eigenvalue weighted by Gasteiger charge is 2.34. The lowest BCUT2D eigenvalue weighted by Crippen LogP contribution is -2.21. The third-order valence-corrected chi connectivity index (χ3v) is 15.5. The Labute approximate surface area is 506 Å². The summed E-state index contributed by atoms with van der Waals surface area (Å²) >= 11 is 0. The summed E-state index contributed by atoms with van der Waals surface area (Å²) in [7, 11) is 2.63. The van der Waals surface area contributed by atoms with Crippen LogP contribution in [0.4, 0.5) is 0 Å². The molecule has 0 atom stereocenters. The maximum absolute atomic E-state index is 13.6. The Morgan fingerprint density at radius 3 is 1.16 bits per heavy atom. The first-order chi connectivity index (χ1) is 40.6. The van der Waals surface area contributed by atoms with Gasteiger partial charge < -0.3 is 33.9 Å². The van der Waals surface area contributed by atoms with Gasteiger partial charge in [0.25, 0.3) is 0 Å². The van der Waals surface area contributed by atoms with Crippen molar-refractivity contribution in [1.82, 2.24) is 0 Å². The molecule has 0 bridgehead atoms. The highest BCUT2D eigenvalue weighted by atomic mass is 16.6. The monoisotopic (exact) mass is 1170 g/mol. The number of carbonyl (C=O) groups is 6. The van der Waals surface area contributed by atoms with Crippen LogP contribution in [-0.2, 0) is 52.5 Å². The van der Waals surface area contributed by atoms with Gasteiger partial charge in [0.05, 0.1) is 60.9 Å². The minimum Gasteiger partial charge on any atom is -0.466 e. The topological polar surface area (TPSA) is 189 Å². The summed E-state index contributed by atoms with van der Waals surface area (Å²) < 4.78 is 26.5. The fourth-order valence-electron chi connectivity index (χ4n) is 10.6. The number of aliphatic hydroxyl groups excluding tert-OH is 2. The highest BCUT2D eigenvalue weighted by molar-refractivity contribution is 6.13. The van der Waals surface area contributed by atoms with Crippen LogP contribution in [0.15, 0.2) is 172 Å². The Hall–Kier alpha value is -6.96. The lowest BCUT2D eigenvalue weighted by Gasteiger charge is -2.23. The second kappa shape index (κ2) is 36.8. The average Bonchev–Trinajstić information content (AvgIpc) is 4.08. The second-order valence-corrected chi connectivity index (χ2v) is 23.7. The Morgan fingerprint density at radius 1 is 0.400 bits per heavy atom. The van der Waals surface area contributed by atoms with Gasteiger partial charge in [0.15, 0.2) is 0 Å². The lowest BCUT2D eigenvalue weighted by molar-refractivity contribution is -0.151. The molecule has 2 N–H and O–H groups in total. The van der Waals surface area contributed by atoms with Crippen LogP contribution in [0.5, 0.6) is 0 Å². The van der Waals surface area contributed by atoms with Crippen LogP contribution >= 0.6 is 0 Å². The van der Waals surface area contributed by atoms with E-state index < -0.39 is 35.8 Å². The summed E-state index contributed by atoms with van der Waals surface area (Å²) in [4.78, 5) is 75.2. The van der Waals surface area contributed by atoms with E-state index in [0.29, 0.717) is 84.8 Å². The van der Waals surface area contributed by atoms with E-state index in [9.17, 15) is 33.9 Å². The highest BCUT2D eigenvalue weighted by Crippen LogP contribution is 2.36. The molecule has 85 heavy (non-hydrogen) atoms. The van der Waals surface area contributed by atoms with Gasteiger partial charge in [-0.2, -0.15) is 0 Å². The molecule has 0 fully saturated rings. The average molecular weight is 1170 g/mol. The maximum Gasteiger partial charge on any atom is 0.342 e. The Bertz CT molecular complexity index is 2970. The smallest absolute Gasteiger partial charge is 0.342 e. The standard InChI is InChI=1S/C44H58O8.C14H16O3.C14H22O2/c1-29(2)12-9-15-32-18-21-35(27-51-43(47)38-23-20-33(16-10-13-30(3)4)25-39(38)42(46)50-8)36(24-32)28-52-44(48)40-26-34(17-11-14-31(5)6)19-22-37(40)41(45)49-7;1-9(2)4-3-5-10-6-7-11-12(8-10)14(16)17-13(11)15;1-11(2)4-3-5-12-6-7-13(9-15)14(8-12)10-16/h12-14,18-20H,9-11,15-17,21-28H2,1-8H3;4,6H,3,5,7-8H2,1-2H3;4,6,15-16H,3,5,7-10H2,1-2H3. The number of hydrogen-bond acceptors (Lipinski definition) is 13. The van der Waals surface area contributed by atoms with Crippen molar-refractivity contribution in [2.24, 2.45) is 0 Å². The Kier molecular flexibility index (Phi) is 30.5. The zero-order valence-corrected chi connectivity index (χ0v) is 53.1. The Morgan fingerprint density at radius 2 is 0.729 bits per heavy atom. The van der Waals surface area contributed by atoms with E-state index >= 15 is 0 Å². The van der Waals surface area contributed by atoms with Gasteiger partial charge in [-0.3, -0.25) is 0 Å². The zero-order valence-electron chi connectivity index (χ0n) is 53.1. The molecular weight excluding hydrogens is 1070 g/mol. The summed E-state index contributed by atoms with van der Waals surface area (Å²) in [5.41, 5.74) is 18.6. The molecule has 1 heterocycles. The lowest BCUT2D eigenvalue weighted by atomic mass is 9.88. The number of ether oxygens (including phenoxy) is 5. The second-order valence-electron chi connectivity index (χ2n) is 23.7. The summed E-state index contributed by atoms with van der Waals surface area (Å²) in [6.07, 6.45) is 35.7. The number of cyclic esters (lactones) is 2. The summed E-state index contributed by atoms with van der Waals surface area (Å²) in [6.45, 7) is 20.9. The molecule has 0 radical (unpaired) electrons. The summed E-state index contributed by atoms with van der Waals surface area (Å²) in [5.74, 6) is -3.04. The summed E-state index contributed by atoms with van der Waals surface area (Å²) in [6, 6.07) is 0. The van der Waals surface area contributed by atoms with E-state index in [-0.39, 0.29) is 26.4 Å². The van der Waals surface area contributed by atoms with Gasteiger partial charge in [0.1, 0.15) is 13.2 Å². The number of allylic oxidation sites excluding steroid dienone is 20. The first-order valence-electron chi connectivity index (χ1n) is 30.2. The molecule has 13 heteroatoms. The van der Waals surface area contributed by atoms with Crippen molar-refractivity contribution in [2.45, 2.75) is 198 Å². The number of hydrogen-bond donors (Lipinski definition) is 2. The zero-order chi connectivity index (χ0) is 62.6. The molecule has 0 aromatic carbocycles. The normalized spacial score (nSPS) is 16.5. The first-order valence-corrected chi connectivity index (χ1v) is 30.2. The van der Waals surface area contributed by atoms with Gasteiger partial charge in [-0.15, -0.1) is 0 Å². The maximum atomic E-state index is 13.6. The van der Waals surface area contributed by atoms with E-state index in [4.69, 9.17) is 24.1 Å². The van der Waals surface area contributed by atoms with Gasteiger partial charge in [0, 0.05) is 19.3 Å². The molecule has 462 valence electrons. The van der Waals surface area contributed by atoms with Crippen LogP contribution in [0.2, 0.25) is 0 Å². The van der Waals surface area contributed by atoms with Crippen LogP contribution in [0.1, 0.15) is 198 Å². The molecule has 0 unspecified atom stereocenters. The first kappa shape index (κ1) is 70.5.